The highest BCUT2D eigenvalue weighted by atomic mass is 32.2. The lowest BCUT2D eigenvalue weighted by molar-refractivity contribution is -0.115. The molecule has 0 saturated carbocycles. The number of amides is 1. The summed E-state index contributed by atoms with van der Waals surface area (Å²) in [4.78, 5) is 17.3. The van der Waals surface area contributed by atoms with Gasteiger partial charge in [-0.2, -0.15) is 0 Å². The molecular weight excluding hydrogens is 416 g/mol. The molecule has 8 heteroatoms. The minimum Gasteiger partial charge on any atom is -0.469 e. The first-order chi connectivity index (χ1) is 14.6. The Morgan fingerprint density at radius 1 is 1.03 bits per heavy atom. The normalized spacial score (nSPS) is 12.5. The Bertz CT molecular complexity index is 1200. The van der Waals surface area contributed by atoms with E-state index in [4.69, 9.17) is 4.42 Å². The summed E-state index contributed by atoms with van der Waals surface area (Å²) in [5.41, 5.74) is 2.73. The largest absolute Gasteiger partial charge is 0.469 e. The highest BCUT2D eigenvalue weighted by Gasteiger charge is 2.28. The number of hydrogen-bond acceptors (Lipinski definition) is 6. The number of fused-ring (bicyclic) bond motifs is 2. The average molecular weight is 435 g/mol. The topological polar surface area (TPSA) is 64.2 Å². The molecule has 5 rings (SSSR count). The summed E-state index contributed by atoms with van der Waals surface area (Å²) in [5, 5.41) is 9.25. The maximum Gasteiger partial charge on any atom is 0.242 e. The van der Waals surface area contributed by atoms with Gasteiger partial charge in [0.05, 0.1) is 29.0 Å². The number of thioether (sulfide) groups is 1. The molecule has 150 valence electrons. The van der Waals surface area contributed by atoms with Crippen LogP contribution in [0.3, 0.4) is 0 Å². The first kappa shape index (κ1) is 19.0. The lowest BCUT2D eigenvalue weighted by atomic mass is 10.2. The summed E-state index contributed by atoms with van der Waals surface area (Å²) in [6, 6.07) is 17.9. The summed E-state index contributed by atoms with van der Waals surface area (Å²) in [6.45, 7) is 1.89. The SMILES string of the molecule is Cc1occc1-c1nnc(SCC(=O)N2c3ccccc3Sc3ccccc32)n1C. The van der Waals surface area contributed by atoms with Crippen LogP contribution in [0.1, 0.15) is 5.76 Å². The number of nitrogens with zero attached hydrogens (tertiary/aromatic N) is 4. The van der Waals surface area contributed by atoms with Gasteiger partial charge in [0.2, 0.25) is 5.91 Å². The number of carbonyl (C=O) groups is 1. The number of rotatable bonds is 4. The number of anilines is 2. The quantitative estimate of drug-likeness (QED) is 0.406. The van der Waals surface area contributed by atoms with Crippen molar-refractivity contribution in [3.8, 4) is 11.4 Å². The third-order valence-electron chi connectivity index (χ3n) is 4.94. The second-order valence-electron chi connectivity index (χ2n) is 6.81. The van der Waals surface area contributed by atoms with E-state index in [0.29, 0.717) is 5.16 Å². The average Bonchev–Trinajstić information content (AvgIpc) is 3.35. The van der Waals surface area contributed by atoms with E-state index >= 15 is 0 Å². The van der Waals surface area contributed by atoms with Gasteiger partial charge in [-0.15, -0.1) is 10.2 Å². The monoisotopic (exact) mass is 434 g/mol. The van der Waals surface area contributed by atoms with Crippen LogP contribution in [-0.2, 0) is 11.8 Å². The molecule has 0 unspecified atom stereocenters. The lowest BCUT2D eigenvalue weighted by Crippen LogP contribution is -2.30. The molecule has 30 heavy (non-hydrogen) atoms. The number of carbonyl (C=O) groups excluding carboxylic acids is 1. The van der Waals surface area contributed by atoms with Crippen LogP contribution in [0.15, 0.2) is 80.2 Å². The van der Waals surface area contributed by atoms with Crippen molar-refractivity contribution in [3.05, 3.63) is 66.6 Å². The number of furan rings is 1. The molecule has 0 N–H and O–H groups in total. The fourth-order valence-corrected chi connectivity index (χ4v) is 5.27. The van der Waals surface area contributed by atoms with Crippen molar-refractivity contribution in [2.24, 2.45) is 7.05 Å². The summed E-state index contributed by atoms with van der Waals surface area (Å²) in [7, 11) is 1.90. The standard InChI is InChI=1S/C22H18N4O2S2/c1-14-15(11-12-28-14)21-23-24-22(25(21)2)29-13-20(27)26-16-7-3-5-9-18(16)30-19-10-6-4-8-17(19)26/h3-12H,13H2,1-2H3. The van der Waals surface area contributed by atoms with Crippen LogP contribution in [0.2, 0.25) is 0 Å². The Morgan fingerprint density at radius 2 is 1.70 bits per heavy atom. The predicted octanol–water partition coefficient (Wildman–Crippen LogP) is 5.31. The lowest BCUT2D eigenvalue weighted by Gasteiger charge is -2.30. The van der Waals surface area contributed by atoms with Gasteiger partial charge in [0.1, 0.15) is 5.76 Å². The molecule has 0 atom stereocenters. The van der Waals surface area contributed by atoms with Gasteiger partial charge in [-0.1, -0.05) is 47.8 Å². The molecule has 0 fully saturated rings. The Labute approximate surface area is 182 Å². The van der Waals surface area contributed by atoms with Crippen molar-refractivity contribution in [1.82, 2.24) is 14.8 Å². The summed E-state index contributed by atoms with van der Waals surface area (Å²) in [6.07, 6.45) is 1.64. The third kappa shape index (κ3) is 3.22. The molecule has 0 spiro atoms. The molecule has 2 aromatic heterocycles. The van der Waals surface area contributed by atoms with Gasteiger partial charge < -0.3 is 8.98 Å². The van der Waals surface area contributed by atoms with Gasteiger partial charge in [-0.25, -0.2) is 0 Å². The molecule has 0 bridgehead atoms. The van der Waals surface area contributed by atoms with E-state index in [2.05, 4.69) is 10.2 Å². The maximum atomic E-state index is 13.3. The van der Waals surface area contributed by atoms with E-state index in [-0.39, 0.29) is 11.7 Å². The van der Waals surface area contributed by atoms with Gasteiger partial charge in [-0.05, 0) is 37.3 Å². The van der Waals surface area contributed by atoms with E-state index in [1.165, 1.54) is 11.8 Å². The smallest absolute Gasteiger partial charge is 0.242 e. The van der Waals surface area contributed by atoms with Crippen LogP contribution in [0.5, 0.6) is 0 Å². The Balaban J connectivity index is 1.41. The van der Waals surface area contributed by atoms with Crippen molar-refractivity contribution in [2.75, 3.05) is 10.7 Å². The molecule has 4 aromatic rings. The number of aromatic nitrogens is 3. The van der Waals surface area contributed by atoms with Crippen LogP contribution in [-0.4, -0.2) is 26.4 Å². The molecule has 1 aliphatic heterocycles. The highest BCUT2D eigenvalue weighted by molar-refractivity contribution is 8.00. The second-order valence-corrected chi connectivity index (χ2v) is 8.84. The zero-order valence-electron chi connectivity index (χ0n) is 16.4. The van der Waals surface area contributed by atoms with E-state index in [9.17, 15) is 4.79 Å². The van der Waals surface area contributed by atoms with Gasteiger partial charge in [-0.3, -0.25) is 9.69 Å². The zero-order chi connectivity index (χ0) is 20.7. The molecule has 6 nitrogen and oxygen atoms in total. The minimum absolute atomic E-state index is 0.00393. The summed E-state index contributed by atoms with van der Waals surface area (Å²) in [5.74, 6) is 1.77. The summed E-state index contributed by atoms with van der Waals surface area (Å²) >= 11 is 3.07. The van der Waals surface area contributed by atoms with Crippen LogP contribution in [0.25, 0.3) is 11.4 Å². The molecule has 1 aliphatic rings. The van der Waals surface area contributed by atoms with Crippen molar-refractivity contribution in [2.45, 2.75) is 21.9 Å². The number of aryl methyl sites for hydroxylation is 1. The van der Waals surface area contributed by atoms with E-state index in [0.717, 1.165) is 38.3 Å². The molecule has 0 radical (unpaired) electrons. The first-order valence-electron chi connectivity index (χ1n) is 9.39. The maximum absolute atomic E-state index is 13.3. The Hall–Kier alpha value is -2.97. The molecule has 3 heterocycles. The van der Waals surface area contributed by atoms with Crippen molar-refractivity contribution >= 4 is 40.8 Å². The van der Waals surface area contributed by atoms with E-state index in [1.54, 1.807) is 18.0 Å². The van der Waals surface area contributed by atoms with Crippen LogP contribution >= 0.6 is 23.5 Å². The molecule has 2 aromatic carbocycles. The van der Waals surface area contributed by atoms with Crippen molar-refractivity contribution < 1.29 is 9.21 Å². The van der Waals surface area contributed by atoms with Gasteiger partial charge in [0.15, 0.2) is 11.0 Å². The molecular formula is C22H18N4O2S2. The van der Waals surface area contributed by atoms with Gasteiger partial charge in [0.25, 0.3) is 0 Å². The van der Waals surface area contributed by atoms with Gasteiger partial charge in [0, 0.05) is 16.8 Å². The first-order valence-corrected chi connectivity index (χ1v) is 11.2. The van der Waals surface area contributed by atoms with E-state index < -0.39 is 0 Å². The van der Waals surface area contributed by atoms with Crippen LogP contribution in [0.4, 0.5) is 11.4 Å². The fourth-order valence-electron chi connectivity index (χ4n) is 3.46. The molecule has 1 amide bonds. The Morgan fingerprint density at radius 3 is 2.33 bits per heavy atom. The molecule has 0 saturated heterocycles. The number of para-hydroxylation sites is 2. The minimum atomic E-state index is 0.00393. The molecule has 0 aliphatic carbocycles. The predicted molar refractivity (Wildman–Crippen MR) is 118 cm³/mol. The highest BCUT2D eigenvalue weighted by Crippen LogP contribution is 2.48. The van der Waals surface area contributed by atoms with Crippen molar-refractivity contribution in [3.63, 3.8) is 0 Å². The van der Waals surface area contributed by atoms with Crippen LogP contribution < -0.4 is 4.90 Å². The summed E-state index contributed by atoms with van der Waals surface area (Å²) < 4.78 is 7.27. The van der Waals surface area contributed by atoms with Crippen LogP contribution in [0, 0.1) is 6.92 Å². The zero-order valence-corrected chi connectivity index (χ0v) is 18.0. The number of hydrogen-bond donors (Lipinski definition) is 0. The van der Waals surface area contributed by atoms with Crippen molar-refractivity contribution in [1.29, 1.82) is 0 Å². The second kappa shape index (κ2) is 7.70. The number of benzene rings is 2. The Kier molecular flexibility index (Phi) is 4.88. The van der Waals surface area contributed by atoms with E-state index in [1.807, 2.05) is 78.0 Å². The fraction of sp³-hybridized carbons (Fsp3) is 0.136. The van der Waals surface area contributed by atoms with Gasteiger partial charge >= 0.3 is 0 Å². The third-order valence-corrected chi connectivity index (χ3v) is 7.08.